The molecule has 4 aliphatic heterocycles. The van der Waals surface area contributed by atoms with Crippen LogP contribution in [0.4, 0.5) is 5.69 Å². The molecule has 0 radical (unpaired) electrons. The topological polar surface area (TPSA) is 63.4 Å². The van der Waals surface area contributed by atoms with Gasteiger partial charge in [-0.25, -0.2) is 0 Å². The van der Waals surface area contributed by atoms with Crippen LogP contribution in [0.25, 0.3) is 10.8 Å². The van der Waals surface area contributed by atoms with E-state index in [-0.39, 0.29) is 17.9 Å². The lowest BCUT2D eigenvalue weighted by Crippen LogP contribution is -2.68. The van der Waals surface area contributed by atoms with Gasteiger partial charge >= 0.3 is 0 Å². The van der Waals surface area contributed by atoms with E-state index in [1.165, 1.54) is 4.90 Å². The van der Waals surface area contributed by atoms with Crippen molar-refractivity contribution in [3.05, 3.63) is 41.5 Å². The Morgan fingerprint density at radius 2 is 1.77 bits per heavy atom. The van der Waals surface area contributed by atoms with Gasteiger partial charge in [0.25, 0.3) is 11.8 Å². The molecule has 2 aromatic rings. The first kappa shape index (κ1) is 16.1. The van der Waals surface area contributed by atoms with Crippen LogP contribution >= 0.6 is 11.6 Å². The number of nitrogen functional groups attached to an aromatic ring is 1. The van der Waals surface area contributed by atoms with E-state index in [1.807, 2.05) is 12.1 Å². The molecule has 3 saturated heterocycles. The number of quaternary nitrogens is 1. The number of fused-ring (bicyclic) bond motifs is 3. The Kier molecular flexibility index (Phi) is 3.37. The van der Waals surface area contributed by atoms with Crippen molar-refractivity contribution in [3.63, 3.8) is 0 Å². The third-order valence-corrected chi connectivity index (χ3v) is 7.13. The smallest absolute Gasteiger partial charge is 0.261 e. The van der Waals surface area contributed by atoms with Gasteiger partial charge in [-0.2, -0.15) is 0 Å². The molecule has 2 bridgehead atoms. The van der Waals surface area contributed by atoms with Crippen molar-refractivity contribution < 1.29 is 14.1 Å². The number of halogens is 1. The Labute approximate surface area is 156 Å². The van der Waals surface area contributed by atoms with Crippen molar-refractivity contribution in [3.8, 4) is 0 Å². The average molecular weight is 371 g/mol. The minimum Gasteiger partial charge on any atom is -0.398 e. The van der Waals surface area contributed by atoms with Crippen LogP contribution in [0.2, 0.25) is 0 Å². The number of benzene rings is 2. The number of hydrogen-bond acceptors (Lipinski definition) is 3. The maximum Gasteiger partial charge on any atom is 0.261 e. The Morgan fingerprint density at radius 3 is 2.46 bits per heavy atom. The molecule has 0 saturated carbocycles. The van der Waals surface area contributed by atoms with Gasteiger partial charge in [0, 0.05) is 40.4 Å². The number of anilines is 1. The second kappa shape index (κ2) is 5.44. The predicted octanol–water partition coefficient (Wildman–Crippen LogP) is 2.82. The number of carbonyl (C=O) groups excluding carboxylic acids is 2. The highest BCUT2D eigenvalue weighted by atomic mass is 35.5. The normalized spacial score (nSPS) is 30.3. The van der Waals surface area contributed by atoms with Gasteiger partial charge in [-0.05, 0) is 24.1 Å². The lowest BCUT2D eigenvalue weighted by Gasteiger charge is -2.54. The Bertz CT molecular complexity index is 927. The number of nitrogens with two attached hydrogens (primary N) is 1. The summed E-state index contributed by atoms with van der Waals surface area (Å²) in [6.07, 6.45) is 2.04. The van der Waals surface area contributed by atoms with Crippen molar-refractivity contribution in [2.75, 3.05) is 31.4 Å². The standard InChI is InChI=1S/C20H20ClN3O2/c21-11-24-8-6-12(7-9-24)17(10-24)23-19(25)14-3-1-2-13-16(22)5-4-15(18(13)14)20(23)26/h1-5,12,17H,6-11H2,(H-,22,25,26)/p+1/t12?,17-,24?/m0/s1. The van der Waals surface area contributed by atoms with Crippen molar-refractivity contribution in [1.82, 2.24) is 4.90 Å². The maximum atomic E-state index is 13.3. The molecule has 0 spiro atoms. The van der Waals surface area contributed by atoms with Crippen LogP contribution in [0, 0.1) is 5.92 Å². The molecule has 0 aromatic heterocycles. The molecule has 2 N–H and O–H groups in total. The quantitative estimate of drug-likeness (QED) is 0.291. The van der Waals surface area contributed by atoms with Gasteiger partial charge in [0.1, 0.15) is 6.54 Å². The predicted molar refractivity (Wildman–Crippen MR) is 101 cm³/mol. The molecule has 0 unspecified atom stereocenters. The summed E-state index contributed by atoms with van der Waals surface area (Å²) < 4.78 is 0.804. The van der Waals surface area contributed by atoms with Gasteiger partial charge in [0.2, 0.25) is 0 Å². The SMILES string of the molecule is Nc1ccc2c3c(cccc13)C(=O)N([C@H]1C[N+]3(CCl)CCC1CC3)C2=O. The molecule has 4 aliphatic rings. The zero-order chi connectivity index (χ0) is 18.1. The van der Waals surface area contributed by atoms with E-state index in [0.717, 1.165) is 42.3 Å². The first-order valence-corrected chi connectivity index (χ1v) is 9.68. The Hall–Kier alpha value is -2.11. The summed E-state index contributed by atoms with van der Waals surface area (Å²) in [5, 5.41) is 1.47. The highest BCUT2D eigenvalue weighted by Gasteiger charge is 2.51. The number of nitrogens with zero attached hydrogens (tertiary/aromatic N) is 2. The molecular formula is C20H21ClN3O2+. The van der Waals surface area contributed by atoms with Crippen molar-refractivity contribution >= 4 is 39.9 Å². The Morgan fingerprint density at radius 1 is 1.08 bits per heavy atom. The molecule has 134 valence electrons. The fourth-order valence-electron chi connectivity index (χ4n) is 5.15. The summed E-state index contributed by atoms with van der Waals surface area (Å²) in [5.74, 6) is -0.00371. The molecule has 1 atom stereocenters. The van der Waals surface area contributed by atoms with E-state index >= 15 is 0 Å². The number of carbonyl (C=O) groups is 2. The fourth-order valence-corrected chi connectivity index (χ4v) is 5.48. The molecular weight excluding hydrogens is 350 g/mol. The molecule has 2 aromatic carbocycles. The monoisotopic (exact) mass is 370 g/mol. The van der Waals surface area contributed by atoms with Gasteiger partial charge in [-0.15, -0.1) is 0 Å². The summed E-state index contributed by atoms with van der Waals surface area (Å²) in [5.41, 5.74) is 7.83. The first-order valence-electron chi connectivity index (χ1n) is 9.15. The molecule has 6 heteroatoms. The number of amides is 2. The number of piperidine rings is 3. The van der Waals surface area contributed by atoms with Crippen molar-refractivity contribution in [2.45, 2.75) is 18.9 Å². The van der Waals surface area contributed by atoms with Crippen molar-refractivity contribution in [1.29, 1.82) is 0 Å². The highest BCUT2D eigenvalue weighted by Crippen LogP contribution is 2.40. The fraction of sp³-hybridized carbons (Fsp3) is 0.400. The molecule has 0 aliphatic carbocycles. The second-order valence-corrected chi connectivity index (χ2v) is 8.15. The van der Waals surface area contributed by atoms with Gasteiger partial charge in [-0.3, -0.25) is 14.5 Å². The number of rotatable bonds is 2. The maximum absolute atomic E-state index is 13.3. The van der Waals surface area contributed by atoms with Gasteiger partial charge in [0.15, 0.2) is 6.00 Å². The average Bonchev–Trinajstić information content (AvgIpc) is 2.68. The summed E-state index contributed by atoms with van der Waals surface area (Å²) in [6, 6.07) is 9.51. The van der Waals surface area contributed by atoms with Crippen LogP contribution in [0.5, 0.6) is 0 Å². The van der Waals surface area contributed by atoms with E-state index in [1.54, 1.807) is 18.2 Å². The van der Waals surface area contributed by atoms with Crippen molar-refractivity contribution in [2.24, 2.45) is 5.92 Å². The minimum atomic E-state index is -0.190. The molecule has 6 rings (SSSR count). The number of alkyl halides is 1. The molecule has 2 amide bonds. The summed E-state index contributed by atoms with van der Waals surface area (Å²) in [6.45, 7) is 2.86. The van der Waals surface area contributed by atoms with E-state index < -0.39 is 0 Å². The van der Waals surface area contributed by atoms with Crippen LogP contribution in [-0.4, -0.2) is 52.9 Å². The van der Waals surface area contributed by atoms with Crippen LogP contribution in [0.1, 0.15) is 33.6 Å². The van der Waals surface area contributed by atoms with Crippen LogP contribution in [0.15, 0.2) is 30.3 Å². The number of imide groups is 1. The number of hydrogen-bond donors (Lipinski definition) is 1. The van der Waals surface area contributed by atoms with E-state index in [0.29, 0.717) is 34.1 Å². The van der Waals surface area contributed by atoms with E-state index in [2.05, 4.69) is 0 Å². The van der Waals surface area contributed by atoms with Crippen LogP contribution < -0.4 is 5.73 Å². The molecule has 4 heterocycles. The molecule has 26 heavy (non-hydrogen) atoms. The van der Waals surface area contributed by atoms with Gasteiger partial charge in [0.05, 0.1) is 19.1 Å². The highest BCUT2D eigenvalue weighted by molar-refractivity contribution is 6.26. The van der Waals surface area contributed by atoms with E-state index in [9.17, 15) is 9.59 Å². The molecule has 5 nitrogen and oxygen atoms in total. The zero-order valence-corrected chi connectivity index (χ0v) is 15.2. The van der Waals surface area contributed by atoms with Crippen LogP contribution in [0.3, 0.4) is 0 Å². The lowest BCUT2D eigenvalue weighted by molar-refractivity contribution is -0.934. The lowest BCUT2D eigenvalue weighted by atomic mass is 9.80. The van der Waals surface area contributed by atoms with E-state index in [4.69, 9.17) is 17.3 Å². The summed E-state index contributed by atoms with van der Waals surface area (Å²) in [7, 11) is 0. The summed E-state index contributed by atoms with van der Waals surface area (Å²) in [4.78, 5) is 28.2. The third kappa shape index (κ3) is 2.01. The van der Waals surface area contributed by atoms with Gasteiger partial charge in [-0.1, -0.05) is 23.7 Å². The van der Waals surface area contributed by atoms with Crippen LogP contribution in [-0.2, 0) is 0 Å². The third-order valence-electron chi connectivity index (χ3n) is 6.62. The zero-order valence-electron chi connectivity index (χ0n) is 14.5. The van der Waals surface area contributed by atoms with Gasteiger partial charge < -0.3 is 10.2 Å². The largest absolute Gasteiger partial charge is 0.398 e. The Balaban J connectivity index is 1.64. The summed E-state index contributed by atoms with van der Waals surface area (Å²) >= 11 is 6.27. The second-order valence-electron chi connectivity index (χ2n) is 7.91. The molecule has 3 fully saturated rings. The first-order chi connectivity index (χ1) is 12.5. The minimum absolute atomic E-state index is 0.0720.